The van der Waals surface area contributed by atoms with Crippen LogP contribution in [-0.2, 0) is 0 Å². The number of hydrogen-bond acceptors (Lipinski definition) is 1. The van der Waals surface area contributed by atoms with E-state index in [4.69, 9.17) is 4.42 Å². The second-order valence-corrected chi connectivity index (χ2v) is 3.52. The Morgan fingerprint density at radius 1 is 1.27 bits per heavy atom. The lowest BCUT2D eigenvalue weighted by molar-refractivity contribution is 0.599. The molecule has 2 aromatic rings. The van der Waals surface area contributed by atoms with E-state index in [0.29, 0.717) is 0 Å². The fourth-order valence-electron chi connectivity index (χ4n) is 1.50. The lowest BCUT2D eigenvalue weighted by Gasteiger charge is -1.91. The van der Waals surface area contributed by atoms with Crippen molar-refractivity contribution >= 4 is 16.5 Å². The summed E-state index contributed by atoms with van der Waals surface area (Å²) in [7, 11) is 0. The highest BCUT2D eigenvalue weighted by atomic mass is 16.3. The number of furan rings is 1. The van der Waals surface area contributed by atoms with Gasteiger partial charge in [0, 0.05) is 5.39 Å². The van der Waals surface area contributed by atoms with E-state index < -0.39 is 0 Å². The molecule has 0 unspecified atom stereocenters. The summed E-state index contributed by atoms with van der Waals surface area (Å²) in [5.74, 6) is 0.939. The average molecular weight is 198 g/mol. The van der Waals surface area contributed by atoms with E-state index in [2.05, 4.69) is 25.1 Å². The van der Waals surface area contributed by atoms with Gasteiger partial charge in [-0.15, -0.1) is 0 Å². The van der Waals surface area contributed by atoms with E-state index in [1.807, 2.05) is 37.3 Å². The quantitative estimate of drug-likeness (QED) is 0.651. The molecule has 0 fully saturated rings. The van der Waals surface area contributed by atoms with Gasteiger partial charge in [-0.1, -0.05) is 36.4 Å². The Morgan fingerprint density at radius 2 is 2.07 bits per heavy atom. The molecule has 1 heteroatoms. The largest absolute Gasteiger partial charge is 0.456 e. The first-order valence-electron chi connectivity index (χ1n) is 5.10. The highest BCUT2D eigenvalue weighted by Crippen LogP contribution is 2.24. The number of allylic oxidation sites excluding steroid dienone is 4. The molecule has 1 nitrogen and oxygen atoms in total. The van der Waals surface area contributed by atoms with Crippen LogP contribution < -0.4 is 0 Å². The molecule has 0 radical (unpaired) electrons. The molecular formula is C14H14O. The van der Waals surface area contributed by atoms with Crippen molar-refractivity contribution < 1.29 is 4.42 Å². The van der Waals surface area contributed by atoms with E-state index in [-0.39, 0.29) is 0 Å². The maximum absolute atomic E-state index is 5.72. The molecule has 0 saturated heterocycles. The van der Waals surface area contributed by atoms with Gasteiger partial charge in [0.1, 0.15) is 11.3 Å². The van der Waals surface area contributed by atoms with Crippen molar-refractivity contribution in [1.82, 2.24) is 0 Å². The lowest BCUT2D eigenvalue weighted by atomic mass is 10.2. The van der Waals surface area contributed by atoms with Crippen molar-refractivity contribution in [3.05, 3.63) is 54.3 Å². The third kappa shape index (κ3) is 2.01. The van der Waals surface area contributed by atoms with Gasteiger partial charge in [-0.2, -0.15) is 0 Å². The first-order valence-corrected chi connectivity index (χ1v) is 5.10. The van der Waals surface area contributed by atoms with Gasteiger partial charge in [-0.05, 0) is 31.6 Å². The molecule has 1 aromatic heterocycles. The zero-order valence-corrected chi connectivity index (χ0v) is 9.03. The van der Waals surface area contributed by atoms with Gasteiger partial charge < -0.3 is 4.42 Å². The second kappa shape index (κ2) is 4.18. The number of para-hydroxylation sites is 1. The molecule has 15 heavy (non-hydrogen) atoms. The summed E-state index contributed by atoms with van der Waals surface area (Å²) in [5, 5.41) is 1.15. The van der Waals surface area contributed by atoms with E-state index in [1.54, 1.807) is 0 Å². The second-order valence-electron chi connectivity index (χ2n) is 3.52. The van der Waals surface area contributed by atoms with Gasteiger partial charge in [0.2, 0.25) is 0 Å². The lowest BCUT2D eigenvalue weighted by Crippen LogP contribution is -1.70. The van der Waals surface area contributed by atoms with Crippen LogP contribution in [0, 0.1) is 0 Å². The zero-order chi connectivity index (χ0) is 10.7. The molecule has 1 heterocycles. The van der Waals surface area contributed by atoms with Crippen LogP contribution >= 0.6 is 0 Å². The van der Waals surface area contributed by atoms with Gasteiger partial charge in [0.15, 0.2) is 0 Å². The Hall–Kier alpha value is -1.76. The van der Waals surface area contributed by atoms with E-state index in [0.717, 1.165) is 22.3 Å². The van der Waals surface area contributed by atoms with Gasteiger partial charge >= 0.3 is 0 Å². The fourth-order valence-corrected chi connectivity index (χ4v) is 1.50. The molecule has 0 N–H and O–H groups in total. The predicted molar refractivity (Wildman–Crippen MR) is 64.7 cm³/mol. The molecular weight excluding hydrogens is 184 g/mol. The number of hydrogen-bond donors (Lipinski definition) is 0. The minimum atomic E-state index is 0.939. The standard InChI is InChI=1S/C14H14O/c1-3-4-7-11(2)14-10-12-8-5-6-9-13(12)15-14/h3-10H,1-2H3/b4-3-,11-7+. The molecule has 0 bridgehead atoms. The summed E-state index contributed by atoms with van der Waals surface area (Å²) in [4.78, 5) is 0. The highest BCUT2D eigenvalue weighted by molar-refractivity contribution is 5.81. The van der Waals surface area contributed by atoms with Crippen LogP contribution in [0.2, 0.25) is 0 Å². The Morgan fingerprint density at radius 3 is 2.80 bits per heavy atom. The van der Waals surface area contributed by atoms with Crippen molar-refractivity contribution in [2.45, 2.75) is 13.8 Å². The van der Waals surface area contributed by atoms with Crippen LogP contribution in [0.4, 0.5) is 0 Å². The molecule has 0 saturated carbocycles. The summed E-state index contributed by atoms with van der Waals surface area (Å²) in [6.07, 6.45) is 6.08. The maximum Gasteiger partial charge on any atom is 0.134 e. The molecule has 0 atom stereocenters. The highest BCUT2D eigenvalue weighted by Gasteiger charge is 2.03. The SMILES string of the molecule is C/C=C\C=C(/C)c1cc2ccccc2o1. The minimum Gasteiger partial charge on any atom is -0.456 e. The first kappa shape index (κ1) is 9.78. The van der Waals surface area contributed by atoms with Gasteiger partial charge in [-0.3, -0.25) is 0 Å². The van der Waals surface area contributed by atoms with Crippen LogP contribution in [0.1, 0.15) is 19.6 Å². The van der Waals surface area contributed by atoms with Crippen molar-refractivity contribution in [2.75, 3.05) is 0 Å². The van der Waals surface area contributed by atoms with Crippen molar-refractivity contribution in [3.8, 4) is 0 Å². The van der Waals surface area contributed by atoms with Crippen molar-refractivity contribution in [1.29, 1.82) is 0 Å². The smallest absolute Gasteiger partial charge is 0.134 e. The average Bonchev–Trinajstić information content (AvgIpc) is 2.69. The molecule has 0 spiro atoms. The van der Waals surface area contributed by atoms with Crippen LogP contribution in [0.15, 0.2) is 53.0 Å². The van der Waals surface area contributed by atoms with E-state index in [9.17, 15) is 0 Å². The van der Waals surface area contributed by atoms with Gasteiger partial charge in [0.05, 0.1) is 0 Å². The fraction of sp³-hybridized carbons (Fsp3) is 0.143. The zero-order valence-electron chi connectivity index (χ0n) is 9.03. The predicted octanol–water partition coefficient (Wildman–Crippen LogP) is 4.41. The van der Waals surface area contributed by atoms with Crippen LogP contribution in [0.3, 0.4) is 0 Å². The number of benzene rings is 1. The summed E-state index contributed by atoms with van der Waals surface area (Å²) in [5.41, 5.74) is 2.09. The normalized spacial score (nSPS) is 12.8. The Balaban J connectivity index is 2.44. The molecule has 2 rings (SSSR count). The summed E-state index contributed by atoms with van der Waals surface area (Å²) in [6, 6.07) is 10.1. The third-order valence-corrected chi connectivity index (χ3v) is 2.35. The Labute approximate surface area is 89.7 Å². The topological polar surface area (TPSA) is 13.1 Å². The molecule has 0 aliphatic heterocycles. The van der Waals surface area contributed by atoms with Crippen molar-refractivity contribution in [2.24, 2.45) is 0 Å². The summed E-state index contributed by atoms with van der Waals surface area (Å²) >= 11 is 0. The van der Waals surface area contributed by atoms with Crippen LogP contribution in [0.5, 0.6) is 0 Å². The molecule has 0 aliphatic rings. The van der Waals surface area contributed by atoms with Crippen LogP contribution in [0.25, 0.3) is 16.5 Å². The first-order chi connectivity index (χ1) is 7.31. The van der Waals surface area contributed by atoms with Gasteiger partial charge in [-0.25, -0.2) is 0 Å². The Bertz CT molecular complexity index is 482. The van der Waals surface area contributed by atoms with E-state index >= 15 is 0 Å². The molecule has 0 aliphatic carbocycles. The summed E-state index contributed by atoms with van der Waals surface area (Å²) < 4.78 is 5.72. The molecule has 0 amide bonds. The maximum atomic E-state index is 5.72. The number of fused-ring (bicyclic) bond motifs is 1. The number of rotatable bonds is 2. The molecule has 76 valence electrons. The Kier molecular flexibility index (Phi) is 2.72. The van der Waals surface area contributed by atoms with Crippen molar-refractivity contribution in [3.63, 3.8) is 0 Å². The minimum absolute atomic E-state index is 0.939. The molecule has 1 aromatic carbocycles. The van der Waals surface area contributed by atoms with E-state index in [1.165, 1.54) is 0 Å². The summed E-state index contributed by atoms with van der Waals surface area (Å²) in [6.45, 7) is 4.06. The van der Waals surface area contributed by atoms with Gasteiger partial charge in [0.25, 0.3) is 0 Å². The van der Waals surface area contributed by atoms with Crippen LogP contribution in [-0.4, -0.2) is 0 Å². The third-order valence-electron chi connectivity index (χ3n) is 2.35. The monoisotopic (exact) mass is 198 g/mol.